The van der Waals surface area contributed by atoms with E-state index in [9.17, 15) is 4.79 Å². The van der Waals surface area contributed by atoms with Crippen LogP contribution in [0.4, 0.5) is 5.69 Å². The Bertz CT molecular complexity index is 667. The zero-order chi connectivity index (χ0) is 15.5. The smallest absolute Gasteiger partial charge is 0.236 e. The van der Waals surface area contributed by atoms with Crippen molar-refractivity contribution < 1.29 is 4.79 Å². The number of hydrogen-bond acceptors (Lipinski definition) is 2. The van der Waals surface area contributed by atoms with Gasteiger partial charge in [0.1, 0.15) is 0 Å². The Labute approximate surface area is 125 Å². The van der Waals surface area contributed by atoms with Crippen LogP contribution in [0.1, 0.15) is 25.0 Å². The molecular weight excluding hydrogens is 260 g/mol. The molecule has 3 nitrogen and oxygen atoms in total. The van der Waals surface area contributed by atoms with Gasteiger partial charge in [-0.1, -0.05) is 30.3 Å². The summed E-state index contributed by atoms with van der Waals surface area (Å²) >= 11 is 0. The third-order valence-corrected chi connectivity index (χ3v) is 3.72. The molecular formula is C18H18N2O. The molecule has 21 heavy (non-hydrogen) atoms. The Morgan fingerprint density at radius 2 is 1.62 bits per heavy atom. The third-order valence-electron chi connectivity index (χ3n) is 3.72. The predicted molar refractivity (Wildman–Crippen MR) is 84.0 cm³/mol. The molecule has 0 heterocycles. The van der Waals surface area contributed by atoms with Crippen molar-refractivity contribution in [3.05, 3.63) is 65.7 Å². The lowest BCUT2D eigenvalue weighted by Gasteiger charge is -2.30. The molecule has 0 bridgehead atoms. The molecule has 2 aromatic rings. The van der Waals surface area contributed by atoms with Gasteiger partial charge in [-0.3, -0.25) is 4.79 Å². The van der Waals surface area contributed by atoms with E-state index in [1.165, 1.54) is 0 Å². The number of benzene rings is 2. The van der Waals surface area contributed by atoms with Crippen LogP contribution >= 0.6 is 0 Å². The van der Waals surface area contributed by atoms with Crippen LogP contribution in [0.2, 0.25) is 0 Å². The summed E-state index contributed by atoms with van der Waals surface area (Å²) < 4.78 is 0. The molecule has 3 heteroatoms. The van der Waals surface area contributed by atoms with Gasteiger partial charge in [0.05, 0.1) is 17.0 Å². The van der Waals surface area contributed by atoms with Gasteiger partial charge in [-0.15, -0.1) is 0 Å². The van der Waals surface area contributed by atoms with Crippen molar-refractivity contribution in [3.8, 4) is 6.07 Å². The minimum Gasteiger partial charge on any atom is -0.315 e. The van der Waals surface area contributed by atoms with Crippen LogP contribution in [0.15, 0.2) is 54.6 Å². The highest BCUT2D eigenvalue weighted by Crippen LogP contribution is 2.27. The first kappa shape index (κ1) is 14.8. The molecule has 0 aliphatic heterocycles. The molecule has 2 aromatic carbocycles. The topological polar surface area (TPSA) is 44.1 Å². The molecule has 0 aliphatic carbocycles. The highest BCUT2D eigenvalue weighted by Gasteiger charge is 2.32. The predicted octanol–water partition coefficient (Wildman–Crippen LogP) is 3.50. The fraction of sp³-hybridized carbons (Fsp3) is 0.222. The van der Waals surface area contributed by atoms with Gasteiger partial charge in [0.2, 0.25) is 5.91 Å². The number of hydrogen-bond donors (Lipinski definition) is 0. The second kappa shape index (κ2) is 5.80. The lowest BCUT2D eigenvalue weighted by Crippen LogP contribution is -2.41. The summed E-state index contributed by atoms with van der Waals surface area (Å²) in [5.41, 5.74) is 1.74. The molecule has 0 fully saturated rings. The Balaban J connectivity index is 2.28. The molecule has 0 N–H and O–H groups in total. The Hall–Kier alpha value is -2.60. The molecule has 0 spiro atoms. The molecule has 106 valence electrons. The maximum absolute atomic E-state index is 12.8. The van der Waals surface area contributed by atoms with Crippen molar-refractivity contribution in [2.24, 2.45) is 0 Å². The standard InChI is InChI=1S/C18H18N2O/c1-18(2,15-7-5-4-6-8-15)17(21)20(3)16-11-9-14(13-19)10-12-16/h4-12H,1-3H3. The molecule has 0 aromatic heterocycles. The second-order valence-electron chi connectivity index (χ2n) is 5.51. The van der Waals surface area contributed by atoms with Gasteiger partial charge in [0.25, 0.3) is 0 Å². The molecule has 0 saturated heterocycles. The summed E-state index contributed by atoms with van der Waals surface area (Å²) in [6, 6.07) is 18.8. The maximum Gasteiger partial charge on any atom is 0.236 e. The van der Waals surface area contributed by atoms with E-state index >= 15 is 0 Å². The van der Waals surface area contributed by atoms with Crippen molar-refractivity contribution in [2.75, 3.05) is 11.9 Å². The molecule has 0 radical (unpaired) electrons. The maximum atomic E-state index is 12.8. The van der Waals surface area contributed by atoms with Gasteiger partial charge in [0, 0.05) is 12.7 Å². The first-order valence-corrected chi connectivity index (χ1v) is 6.80. The number of likely N-dealkylation sites (N-methyl/N-ethyl adjacent to an activating group) is 1. The quantitative estimate of drug-likeness (QED) is 0.862. The van der Waals surface area contributed by atoms with Crippen molar-refractivity contribution in [1.29, 1.82) is 5.26 Å². The monoisotopic (exact) mass is 278 g/mol. The van der Waals surface area contributed by atoms with E-state index in [1.807, 2.05) is 44.2 Å². The highest BCUT2D eigenvalue weighted by molar-refractivity contribution is 6.00. The van der Waals surface area contributed by atoms with E-state index in [2.05, 4.69) is 6.07 Å². The van der Waals surface area contributed by atoms with Crippen molar-refractivity contribution >= 4 is 11.6 Å². The summed E-state index contributed by atoms with van der Waals surface area (Å²) in [6.07, 6.45) is 0. The molecule has 2 rings (SSSR count). The average Bonchev–Trinajstić information content (AvgIpc) is 2.54. The Morgan fingerprint density at radius 3 is 2.14 bits per heavy atom. The lowest BCUT2D eigenvalue weighted by atomic mass is 9.83. The number of nitriles is 1. The summed E-state index contributed by atoms with van der Waals surface area (Å²) in [5.74, 6) is 0.0124. The molecule has 0 atom stereocenters. The first-order chi connectivity index (χ1) is 9.96. The average molecular weight is 278 g/mol. The van der Waals surface area contributed by atoms with Crippen LogP contribution in [-0.2, 0) is 10.2 Å². The third kappa shape index (κ3) is 2.95. The van der Waals surface area contributed by atoms with Crippen molar-refractivity contribution in [2.45, 2.75) is 19.3 Å². The van der Waals surface area contributed by atoms with E-state index in [4.69, 9.17) is 5.26 Å². The molecule has 0 unspecified atom stereocenters. The molecule has 0 aliphatic rings. The molecule has 1 amide bonds. The van der Waals surface area contributed by atoms with E-state index in [0.29, 0.717) is 5.56 Å². The summed E-state index contributed by atoms with van der Waals surface area (Å²) in [4.78, 5) is 14.4. The summed E-state index contributed by atoms with van der Waals surface area (Å²) in [6.45, 7) is 3.84. The SMILES string of the molecule is CN(C(=O)C(C)(C)c1ccccc1)c1ccc(C#N)cc1. The van der Waals surface area contributed by atoms with Crippen LogP contribution in [-0.4, -0.2) is 13.0 Å². The van der Waals surface area contributed by atoms with Crippen molar-refractivity contribution in [1.82, 2.24) is 0 Å². The minimum atomic E-state index is -0.607. The van der Waals surface area contributed by atoms with Gasteiger partial charge in [0.15, 0.2) is 0 Å². The zero-order valence-corrected chi connectivity index (χ0v) is 12.5. The van der Waals surface area contributed by atoms with Gasteiger partial charge >= 0.3 is 0 Å². The fourth-order valence-electron chi connectivity index (χ4n) is 2.27. The lowest BCUT2D eigenvalue weighted by molar-refractivity contribution is -0.122. The molecule has 0 saturated carbocycles. The van der Waals surface area contributed by atoms with Crippen molar-refractivity contribution in [3.63, 3.8) is 0 Å². The highest BCUT2D eigenvalue weighted by atomic mass is 16.2. The van der Waals surface area contributed by atoms with Crippen LogP contribution < -0.4 is 4.90 Å². The number of nitrogens with zero attached hydrogens (tertiary/aromatic N) is 2. The van der Waals surface area contributed by atoms with Crippen LogP contribution in [0.25, 0.3) is 0 Å². The number of amides is 1. The summed E-state index contributed by atoms with van der Waals surface area (Å²) in [7, 11) is 1.76. The fourth-order valence-corrected chi connectivity index (χ4v) is 2.27. The van der Waals surface area contributed by atoms with Crippen LogP contribution in [0, 0.1) is 11.3 Å². The van der Waals surface area contributed by atoms with Crippen LogP contribution in [0.3, 0.4) is 0 Å². The van der Waals surface area contributed by atoms with Crippen LogP contribution in [0.5, 0.6) is 0 Å². The second-order valence-corrected chi connectivity index (χ2v) is 5.51. The van der Waals surface area contributed by atoms with E-state index in [1.54, 1.807) is 36.2 Å². The van der Waals surface area contributed by atoms with E-state index in [0.717, 1.165) is 11.3 Å². The van der Waals surface area contributed by atoms with Gasteiger partial charge in [-0.05, 0) is 43.7 Å². The summed E-state index contributed by atoms with van der Waals surface area (Å²) in [5, 5.41) is 8.82. The largest absolute Gasteiger partial charge is 0.315 e. The number of rotatable bonds is 3. The Morgan fingerprint density at radius 1 is 1.05 bits per heavy atom. The van der Waals surface area contributed by atoms with E-state index < -0.39 is 5.41 Å². The normalized spacial score (nSPS) is 10.8. The van der Waals surface area contributed by atoms with Gasteiger partial charge < -0.3 is 4.90 Å². The number of carbonyl (C=O) groups is 1. The van der Waals surface area contributed by atoms with Gasteiger partial charge in [-0.25, -0.2) is 0 Å². The number of carbonyl (C=O) groups excluding carboxylic acids is 1. The van der Waals surface area contributed by atoms with E-state index in [-0.39, 0.29) is 5.91 Å². The first-order valence-electron chi connectivity index (χ1n) is 6.80. The minimum absolute atomic E-state index is 0.0124. The number of anilines is 1. The Kier molecular flexibility index (Phi) is 4.09. The zero-order valence-electron chi connectivity index (χ0n) is 12.5. The van der Waals surface area contributed by atoms with Gasteiger partial charge in [-0.2, -0.15) is 5.26 Å².